The van der Waals surface area contributed by atoms with Crippen LogP contribution in [-0.2, 0) is 0 Å². The molecule has 0 N–H and O–H groups in total. The van der Waals surface area contributed by atoms with Crippen molar-refractivity contribution in [2.75, 3.05) is 7.11 Å². The highest BCUT2D eigenvalue weighted by atomic mass is 19.1. The Labute approximate surface area is 103 Å². The predicted molar refractivity (Wildman–Crippen MR) is 63.5 cm³/mol. The van der Waals surface area contributed by atoms with E-state index >= 15 is 0 Å². The lowest BCUT2D eigenvalue weighted by molar-refractivity contribution is 0.411. The molecule has 3 nitrogen and oxygen atoms in total. The molecule has 0 atom stereocenters. The lowest BCUT2D eigenvalue weighted by Gasteiger charge is -2.00. The first-order valence-corrected chi connectivity index (χ1v) is 5.20. The van der Waals surface area contributed by atoms with Crippen LogP contribution in [0.1, 0.15) is 0 Å². The molecule has 2 aromatic carbocycles. The summed E-state index contributed by atoms with van der Waals surface area (Å²) in [6.07, 6.45) is 0. The van der Waals surface area contributed by atoms with Crippen LogP contribution in [0.3, 0.4) is 0 Å². The number of benzene rings is 2. The van der Waals surface area contributed by atoms with Gasteiger partial charge in [-0.15, -0.1) is 10.2 Å². The van der Waals surface area contributed by atoms with E-state index in [0.29, 0.717) is 5.75 Å². The second kappa shape index (κ2) is 5.35. The SMILES string of the molecule is COc1ccc(N=Nc2ccccc2F)c(F)c1. The monoisotopic (exact) mass is 248 g/mol. The molecule has 0 aromatic heterocycles. The van der Waals surface area contributed by atoms with Crippen molar-refractivity contribution in [3.8, 4) is 5.75 Å². The third-order valence-electron chi connectivity index (χ3n) is 2.27. The van der Waals surface area contributed by atoms with Gasteiger partial charge in [0.15, 0.2) is 11.6 Å². The Morgan fingerprint density at radius 3 is 2.17 bits per heavy atom. The lowest BCUT2D eigenvalue weighted by Crippen LogP contribution is -1.83. The molecular weight excluding hydrogens is 238 g/mol. The maximum absolute atomic E-state index is 13.5. The minimum absolute atomic E-state index is 0.0269. The number of methoxy groups -OCH3 is 1. The molecule has 5 heteroatoms. The van der Waals surface area contributed by atoms with Crippen molar-refractivity contribution in [3.05, 3.63) is 54.1 Å². The van der Waals surface area contributed by atoms with Crippen molar-refractivity contribution < 1.29 is 13.5 Å². The summed E-state index contributed by atoms with van der Waals surface area (Å²) in [5, 5.41) is 7.33. The summed E-state index contributed by atoms with van der Waals surface area (Å²) >= 11 is 0. The quantitative estimate of drug-likeness (QED) is 0.741. The molecule has 0 radical (unpaired) electrons. The van der Waals surface area contributed by atoms with E-state index in [1.807, 2.05) is 0 Å². The van der Waals surface area contributed by atoms with Crippen molar-refractivity contribution in [3.63, 3.8) is 0 Å². The number of nitrogens with zero attached hydrogens (tertiary/aromatic N) is 2. The average molecular weight is 248 g/mol. The minimum Gasteiger partial charge on any atom is -0.497 e. The summed E-state index contributed by atoms with van der Waals surface area (Å²) < 4.78 is 31.6. The van der Waals surface area contributed by atoms with Crippen LogP contribution < -0.4 is 4.74 Å². The van der Waals surface area contributed by atoms with Gasteiger partial charge in [0, 0.05) is 6.07 Å². The Morgan fingerprint density at radius 1 is 0.889 bits per heavy atom. The van der Waals surface area contributed by atoms with Gasteiger partial charge in [0.2, 0.25) is 0 Å². The van der Waals surface area contributed by atoms with Gasteiger partial charge in [-0.25, -0.2) is 8.78 Å². The molecule has 18 heavy (non-hydrogen) atoms. The van der Waals surface area contributed by atoms with Gasteiger partial charge in [-0.3, -0.25) is 0 Å². The lowest BCUT2D eigenvalue weighted by atomic mass is 10.3. The van der Waals surface area contributed by atoms with Gasteiger partial charge in [0.05, 0.1) is 7.11 Å². The van der Waals surface area contributed by atoms with E-state index < -0.39 is 11.6 Å². The van der Waals surface area contributed by atoms with Gasteiger partial charge in [-0.2, -0.15) is 0 Å². The van der Waals surface area contributed by atoms with E-state index in [4.69, 9.17) is 4.74 Å². The summed E-state index contributed by atoms with van der Waals surface area (Å²) in [5.74, 6) is -0.693. The van der Waals surface area contributed by atoms with Crippen LogP contribution in [0.2, 0.25) is 0 Å². The smallest absolute Gasteiger partial charge is 0.154 e. The fourth-order valence-electron chi connectivity index (χ4n) is 1.34. The molecule has 0 heterocycles. The third-order valence-corrected chi connectivity index (χ3v) is 2.27. The summed E-state index contributed by atoms with van der Waals surface area (Å²) in [6.45, 7) is 0. The van der Waals surface area contributed by atoms with Gasteiger partial charge < -0.3 is 4.74 Å². The highest BCUT2D eigenvalue weighted by Crippen LogP contribution is 2.25. The molecule has 0 spiro atoms. The highest BCUT2D eigenvalue weighted by molar-refractivity contribution is 5.44. The van der Waals surface area contributed by atoms with E-state index in [0.717, 1.165) is 0 Å². The summed E-state index contributed by atoms with van der Waals surface area (Å²) in [4.78, 5) is 0. The van der Waals surface area contributed by atoms with Crippen LogP contribution in [-0.4, -0.2) is 7.11 Å². The Morgan fingerprint density at radius 2 is 1.56 bits per heavy atom. The standard InChI is InChI=1S/C13H10F2N2O/c1-18-9-6-7-13(11(15)8-9)17-16-12-5-3-2-4-10(12)14/h2-8H,1H3. The van der Waals surface area contributed by atoms with Crippen LogP contribution >= 0.6 is 0 Å². The number of hydrogen-bond donors (Lipinski definition) is 0. The molecule has 0 amide bonds. The van der Waals surface area contributed by atoms with Crippen molar-refractivity contribution >= 4 is 11.4 Å². The number of hydrogen-bond acceptors (Lipinski definition) is 3. The molecule has 0 aliphatic carbocycles. The third kappa shape index (κ3) is 2.68. The van der Waals surface area contributed by atoms with Gasteiger partial charge >= 0.3 is 0 Å². The number of rotatable bonds is 3. The molecule has 0 unspecified atom stereocenters. The van der Waals surface area contributed by atoms with Crippen LogP contribution in [0.5, 0.6) is 5.75 Å². The Kier molecular flexibility index (Phi) is 3.62. The summed E-state index contributed by atoms with van der Waals surface area (Å²) in [6, 6.07) is 10.1. The molecule has 2 aromatic rings. The normalized spacial score (nSPS) is 10.8. The molecular formula is C13H10F2N2O. The fraction of sp³-hybridized carbons (Fsp3) is 0.0769. The maximum atomic E-state index is 13.5. The largest absolute Gasteiger partial charge is 0.497 e. The first-order chi connectivity index (χ1) is 8.70. The highest BCUT2D eigenvalue weighted by Gasteiger charge is 2.03. The zero-order valence-electron chi connectivity index (χ0n) is 9.60. The van der Waals surface area contributed by atoms with Gasteiger partial charge in [-0.05, 0) is 24.3 Å². The molecule has 0 fully saturated rings. The molecule has 92 valence electrons. The van der Waals surface area contributed by atoms with Crippen LogP contribution in [0.25, 0.3) is 0 Å². The Bertz CT molecular complexity index is 585. The van der Waals surface area contributed by atoms with Crippen molar-refractivity contribution in [2.24, 2.45) is 10.2 Å². The summed E-state index contributed by atoms with van der Waals surface area (Å²) in [5.41, 5.74) is 0.0896. The number of azo groups is 1. The molecule has 0 saturated carbocycles. The number of ether oxygens (including phenoxy) is 1. The molecule has 0 aliphatic heterocycles. The molecule has 0 bridgehead atoms. The first-order valence-electron chi connectivity index (χ1n) is 5.20. The van der Waals surface area contributed by atoms with Crippen LogP contribution in [0.15, 0.2) is 52.7 Å². The fourth-order valence-corrected chi connectivity index (χ4v) is 1.34. The van der Waals surface area contributed by atoms with E-state index in [-0.39, 0.29) is 11.4 Å². The van der Waals surface area contributed by atoms with E-state index in [1.165, 1.54) is 31.4 Å². The van der Waals surface area contributed by atoms with Crippen molar-refractivity contribution in [2.45, 2.75) is 0 Å². The second-order valence-corrected chi connectivity index (χ2v) is 3.47. The van der Waals surface area contributed by atoms with Crippen molar-refractivity contribution in [1.29, 1.82) is 0 Å². The average Bonchev–Trinajstić information content (AvgIpc) is 2.39. The van der Waals surface area contributed by atoms with Gasteiger partial charge in [0.1, 0.15) is 17.1 Å². The molecule has 0 aliphatic rings. The van der Waals surface area contributed by atoms with Crippen molar-refractivity contribution in [1.82, 2.24) is 0 Å². The van der Waals surface area contributed by atoms with E-state index in [9.17, 15) is 8.78 Å². The Hall–Kier alpha value is -2.30. The zero-order valence-corrected chi connectivity index (χ0v) is 9.60. The van der Waals surface area contributed by atoms with E-state index in [2.05, 4.69) is 10.2 Å². The molecule has 2 rings (SSSR count). The van der Waals surface area contributed by atoms with E-state index in [1.54, 1.807) is 18.2 Å². The van der Waals surface area contributed by atoms with Crippen LogP contribution in [0.4, 0.5) is 20.2 Å². The van der Waals surface area contributed by atoms with Crippen LogP contribution in [0, 0.1) is 11.6 Å². The summed E-state index contributed by atoms with van der Waals surface area (Å²) in [7, 11) is 1.44. The van der Waals surface area contributed by atoms with Gasteiger partial charge in [-0.1, -0.05) is 12.1 Å². The minimum atomic E-state index is -0.575. The Balaban J connectivity index is 2.27. The predicted octanol–water partition coefficient (Wildman–Crippen LogP) is 4.39. The van der Waals surface area contributed by atoms with Gasteiger partial charge in [0.25, 0.3) is 0 Å². The first kappa shape index (κ1) is 12.2. The second-order valence-electron chi connectivity index (χ2n) is 3.47. The zero-order chi connectivity index (χ0) is 13.0. The topological polar surface area (TPSA) is 34.0 Å². The molecule has 0 saturated heterocycles. The maximum Gasteiger partial charge on any atom is 0.154 e. The number of halogens is 2.